The van der Waals surface area contributed by atoms with Crippen LogP contribution in [-0.2, 0) is 0 Å². The third-order valence-corrected chi connectivity index (χ3v) is 5.64. The van der Waals surface area contributed by atoms with E-state index in [1.807, 2.05) is 35.8 Å². The zero-order valence-corrected chi connectivity index (χ0v) is 19.1. The minimum absolute atomic E-state index is 0.868. The number of hydrogen-bond donors (Lipinski definition) is 0. The Morgan fingerprint density at radius 2 is 0.935 bits per heavy atom. The molecule has 0 spiro atoms. The molecule has 1 aliphatic heterocycles. The van der Waals surface area contributed by atoms with Crippen LogP contribution in [0.3, 0.4) is 0 Å². The van der Waals surface area contributed by atoms with Crippen molar-refractivity contribution in [3.05, 3.63) is 89.6 Å². The molecule has 1 heterocycles. The van der Waals surface area contributed by atoms with Crippen molar-refractivity contribution in [1.29, 1.82) is 0 Å². The number of aliphatic imine (C=N–C) groups is 2. The number of benzene rings is 3. The van der Waals surface area contributed by atoms with Gasteiger partial charge in [-0.25, -0.2) is 9.98 Å². The van der Waals surface area contributed by atoms with Gasteiger partial charge in [-0.15, -0.1) is 0 Å². The smallest absolute Gasteiger partial charge is 0.220 e. The van der Waals surface area contributed by atoms with Gasteiger partial charge in [0.2, 0.25) is 6.67 Å². The Morgan fingerprint density at radius 1 is 0.581 bits per heavy atom. The van der Waals surface area contributed by atoms with Crippen LogP contribution in [0.15, 0.2) is 70.6 Å². The molecule has 4 heteroatoms. The predicted molar refractivity (Wildman–Crippen MR) is 132 cm³/mol. The van der Waals surface area contributed by atoms with Crippen LogP contribution >= 0.6 is 0 Å². The van der Waals surface area contributed by atoms with Gasteiger partial charge in [0.05, 0.1) is 22.7 Å². The highest BCUT2D eigenvalue weighted by atomic mass is 15.4. The molecule has 0 aromatic heterocycles. The Bertz CT molecular complexity index is 1060. The van der Waals surface area contributed by atoms with Crippen LogP contribution in [0.5, 0.6) is 0 Å². The molecule has 31 heavy (non-hydrogen) atoms. The molecule has 0 atom stereocenters. The van der Waals surface area contributed by atoms with Gasteiger partial charge >= 0.3 is 0 Å². The van der Waals surface area contributed by atoms with Gasteiger partial charge in [-0.2, -0.15) is 0 Å². The fourth-order valence-electron chi connectivity index (χ4n) is 3.93. The second-order valence-corrected chi connectivity index (χ2v) is 8.06. The van der Waals surface area contributed by atoms with E-state index in [1.54, 1.807) is 0 Å². The predicted octanol–water partition coefficient (Wildman–Crippen LogP) is 7.04. The molecule has 0 N–H and O–H groups in total. The summed E-state index contributed by atoms with van der Waals surface area (Å²) in [7, 11) is 0. The van der Waals surface area contributed by atoms with E-state index in [4.69, 9.17) is 9.98 Å². The summed E-state index contributed by atoms with van der Waals surface area (Å²) in [6.07, 6.45) is 0. The molecule has 0 saturated carbocycles. The molecule has 2 radical (unpaired) electrons. The molecule has 0 fully saturated rings. The fourth-order valence-corrected chi connectivity index (χ4v) is 3.93. The molecule has 0 unspecified atom stereocenters. The molecule has 4 rings (SSSR count). The van der Waals surface area contributed by atoms with Crippen molar-refractivity contribution in [2.75, 3.05) is 9.80 Å². The van der Waals surface area contributed by atoms with Crippen LogP contribution in [-0.4, -0.2) is 11.7 Å². The number of hydrogen-bond acceptors (Lipinski definition) is 2. The first kappa shape index (κ1) is 20.9. The maximum atomic E-state index is 4.96. The standard InChI is InChI=1S/C27H28N4/c1-18-11-9-12-19(2)26(18)28-22(5)30-17-31(25-16-8-7-15-24(25)30)23(6)29-27-20(3)13-10-14-21(27)4/h7-16H,1-6H3. The van der Waals surface area contributed by atoms with E-state index in [0.717, 1.165) is 56.7 Å². The molecular formula is C27H28N4. The Morgan fingerprint density at radius 3 is 1.29 bits per heavy atom. The zero-order chi connectivity index (χ0) is 22.1. The molecule has 0 bridgehead atoms. The summed E-state index contributed by atoms with van der Waals surface area (Å²) >= 11 is 0. The van der Waals surface area contributed by atoms with Crippen molar-refractivity contribution in [2.45, 2.75) is 41.5 Å². The van der Waals surface area contributed by atoms with Crippen LogP contribution in [0, 0.1) is 34.4 Å². The number of amidine groups is 2. The molecule has 3 aromatic carbocycles. The third kappa shape index (κ3) is 3.98. The average molecular weight is 409 g/mol. The summed E-state index contributed by atoms with van der Waals surface area (Å²) in [6, 6.07) is 20.8. The van der Waals surface area contributed by atoms with Crippen LogP contribution in [0.2, 0.25) is 0 Å². The number of para-hydroxylation sites is 4. The van der Waals surface area contributed by atoms with Crippen LogP contribution < -0.4 is 9.80 Å². The largest absolute Gasteiger partial charge is 0.296 e. The zero-order valence-electron chi connectivity index (χ0n) is 19.1. The minimum Gasteiger partial charge on any atom is -0.296 e. The van der Waals surface area contributed by atoms with Crippen LogP contribution in [0.25, 0.3) is 0 Å². The number of aryl methyl sites for hydroxylation is 4. The van der Waals surface area contributed by atoms with Gasteiger partial charge in [0.25, 0.3) is 0 Å². The van der Waals surface area contributed by atoms with Crippen molar-refractivity contribution < 1.29 is 0 Å². The van der Waals surface area contributed by atoms with Gasteiger partial charge in [0, 0.05) is 0 Å². The highest BCUT2D eigenvalue weighted by Crippen LogP contribution is 2.39. The highest BCUT2D eigenvalue weighted by Gasteiger charge is 2.31. The molecule has 0 aliphatic carbocycles. The molecule has 1 aliphatic rings. The number of anilines is 2. The SMILES string of the molecule is CC(=Nc1c(C)cccc1C)N1[C]N(C(C)=Nc2c(C)cccc2C)c2ccccc21. The summed E-state index contributed by atoms with van der Waals surface area (Å²) in [4.78, 5) is 14.0. The molecule has 156 valence electrons. The number of nitrogens with zero attached hydrogens (tertiary/aromatic N) is 4. The molecule has 3 aromatic rings. The highest BCUT2D eigenvalue weighted by molar-refractivity contribution is 6.12. The lowest BCUT2D eigenvalue weighted by atomic mass is 10.1. The van der Waals surface area contributed by atoms with Crippen molar-refractivity contribution in [1.82, 2.24) is 0 Å². The monoisotopic (exact) mass is 408 g/mol. The maximum absolute atomic E-state index is 4.96. The molecular weight excluding hydrogens is 380 g/mol. The Balaban J connectivity index is 1.73. The maximum Gasteiger partial charge on any atom is 0.220 e. The molecule has 0 amide bonds. The number of fused-ring (bicyclic) bond motifs is 1. The van der Waals surface area contributed by atoms with Gasteiger partial charge in [0.15, 0.2) is 0 Å². The Labute approximate surface area is 185 Å². The van der Waals surface area contributed by atoms with Gasteiger partial charge < -0.3 is 0 Å². The first-order chi connectivity index (χ1) is 14.9. The van der Waals surface area contributed by atoms with Gasteiger partial charge in [-0.3, -0.25) is 9.80 Å². The summed E-state index contributed by atoms with van der Waals surface area (Å²) in [5.41, 5.74) is 8.77. The van der Waals surface area contributed by atoms with Crippen molar-refractivity contribution in [3.63, 3.8) is 0 Å². The topological polar surface area (TPSA) is 31.2 Å². The van der Waals surface area contributed by atoms with E-state index < -0.39 is 0 Å². The number of rotatable bonds is 2. The second kappa shape index (κ2) is 8.38. The lowest BCUT2D eigenvalue weighted by Crippen LogP contribution is -2.31. The lowest BCUT2D eigenvalue weighted by molar-refractivity contribution is 1.15. The normalized spacial score (nSPS) is 14.3. The van der Waals surface area contributed by atoms with E-state index >= 15 is 0 Å². The van der Waals surface area contributed by atoms with E-state index in [0.29, 0.717) is 0 Å². The molecule has 0 saturated heterocycles. The van der Waals surface area contributed by atoms with Gasteiger partial charge in [0.1, 0.15) is 11.7 Å². The summed E-state index contributed by atoms with van der Waals surface area (Å²) in [6.45, 7) is 15.9. The van der Waals surface area contributed by atoms with E-state index in [1.165, 1.54) is 0 Å². The molecule has 4 nitrogen and oxygen atoms in total. The quantitative estimate of drug-likeness (QED) is 0.336. The van der Waals surface area contributed by atoms with Crippen LogP contribution in [0.4, 0.5) is 22.7 Å². The van der Waals surface area contributed by atoms with Crippen LogP contribution in [0.1, 0.15) is 36.1 Å². The fraction of sp³-hybridized carbons (Fsp3) is 0.222. The van der Waals surface area contributed by atoms with E-state index in [9.17, 15) is 0 Å². The van der Waals surface area contributed by atoms with Crippen molar-refractivity contribution in [3.8, 4) is 0 Å². The lowest BCUT2D eigenvalue weighted by Gasteiger charge is -2.20. The Kier molecular flexibility index (Phi) is 5.64. The van der Waals surface area contributed by atoms with E-state index in [2.05, 4.69) is 82.9 Å². The average Bonchev–Trinajstić information content (AvgIpc) is 3.13. The summed E-state index contributed by atoms with van der Waals surface area (Å²) in [5.74, 6) is 1.74. The first-order valence-corrected chi connectivity index (χ1v) is 10.6. The van der Waals surface area contributed by atoms with Gasteiger partial charge in [-0.1, -0.05) is 48.5 Å². The van der Waals surface area contributed by atoms with Gasteiger partial charge in [-0.05, 0) is 75.9 Å². The summed E-state index contributed by atoms with van der Waals surface area (Å²) in [5, 5.41) is 0. The Hall–Kier alpha value is -3.40. The first-order valence-electron chi connectivity index (χ1n) is 10.6. The van der Waals surface area contributed by atoms with E-state index in [-0.39, 0.29) is 0 Å². The minimum atomic E-state index is 0.868. The van der Waals surface area contributed by atoms with Crippen molar-refractivity contribution >= 4 is 34.4 Å². The summed E-state index contributed by atoms with van der Waals surface area (Å²) < 4.78 is 0. The van der Waals surface area contributed by atoms with Crippen molar-refractivity contribution in [2.24, 2.45) is 9.98 Å². The third-order valence-electron chi connectivity index (χ3n) is 5.64. The second-order valence-electron chi connectivity index (χ2n) is 8.06.